The Morgan fingerprint density at radius 1 is 1.24 bits per heavy atom. The third-order valence-electron chi connectivity index (χ3n) is 3.35. The standard InChI is InChI=1S/C15H11ClN6O3/c16-13-7-6-11(22(24)25)8-12(13)15(23)17-9-14-18-19-20-21(14)10-4-2-1-3-5-10/h1-8H,9H2,(H,17,23). The smallest absolute Gasteiger partial charge is 0.270 e. The number of halogens is 1. The van der Waals surface area contributed by atoms with Crippen molar-refractivity contribution in [2.45, 2.75) is 6.54 Å². The van der Waals surface area contributed by atoms with Crippen molar-refractivity contribution in [3.8, 4) is 5.69 Å². The molecule has 0 aliphatic rings. The Kier molecular flexibility index (Phi) is 4.66. The number of para-hydroxylation sites is 1. The number of carbonyl (C=O) groups excluding carboxylic acids is 1. The fraction of sp³-hybridized carbons (Fsp3) is 0.0667. The van der Waals surface area contributed by atoms with Gasteiger partial charge in [-0.2, -0.15) is 4.68 Å². The van der Waals surface area contributed by atoms with Crippen LogP contribution < -0.4 is 5.32 Å². The van der Waals surface area contributed by atoms with Crippen LogP contribution in [-0.4, -0.2) is 31.0 Å². The highest BCUT2D eigenvalue weighted by molar-refractivity contribution is 6.33. The number of nitro groups is 1. The summed E-state index contributed by atoms with van der Waals surface area (Å²) < 4.78 is 1.48. The average Bonchev–Trinajstić information content (AvgIpc) is 3.09. The minimum Gasteiger partial charge on any atom is -0.345 e. The maximum Gasteiger partial charge on any atom is 0.270 e. The lowest BCUT2D eigenvalue weighted by Gasteiger charge is -2.07. The first-order valence-electron chi connectivity index (χ1n) is 7.11. The molecule has 126 valence electrons. The molecule has 0 spiro atoms. The molecule has 0 bridgehead atoms. The van der Waals surface area contributed by atoms with Crippen LogP contribution in [0.2, 0.25) is 5.02 Å². The first-order chi connectivity index (χ1) is 12.1. The molecule has 25 heavy (non-hydrogen) atoms. The third-order valence-corrected chi connectivity index (χ3v) is 3.68. The Bertz CT molecular complexity index is 928. The van der Waals surface area contributed by atoms with Crippen LogP contribution in [0.4, 0.5) is 5.69 Å². The SMILES string of the molecule is O=C(NCc1nnnn1-c1ccccc1)c1cc([N+](=O)[O-])ccc1Cl. The molecule has 0 atom stereocenters. The van der Waals surface area contributed by atoms with E-state index in [0.717, 1.165) is 11.8 Å². The summed E-state index contributed by atoms with van der Waals surface area (Å²) in [4.78, 5) is 22.5. The third kappa shape index (κ3) is 3.61. The van der Waals surface area contributed by atoms with E-state index >= 15 is 0 Å². The van der Waals surface area contributed by atoms with Gasteiger partial charge in [0.25, 0.3) is 11.6 Å². The van der Waals surface area contributed by atoms with Crippen LogP contribution in [0.25, 0.3) is 5.69 Å². The van der Waals surface area contributed by atoms with Gasteiger partial charge in [0.2, 0.25) is 0 Å². The van der Waals surface area contributed by atoms with Crippen LogP contribution in [0.15, 0.2) is 48.5 Å². The van der Waals surface area contributed by atoms with E-state index in [0.29, 0.717) is 5.82 Å². The van der Waals surface area contributed by atoms with Gasteiger partial charge in [0, 0.05) is 12.1 Å². The zero-order valence-electron chi connectivity index (χ0n) is 12.7. The van der Waals surface area contributed by atoms with E-state index in [1.165, 1.54) is 16.8 Å². The van der Waals surface area contributed by atoms with Gasteiger partial charge in [-0.25, -0.2) is 0 Å². The summed E-state index contributed by atoms with van der Waals surface area (Å²) in [5.41, 5.74) is 0.531. The van der Waals surface area contributed by atoms with Gasteiger partial charge >= 0.3 is 0 Å². The monoisotopic (exact) mass is 358 g/mol. The number of nitrogens with zero attached hydrogens (tertiary/aromatic N) is 5. The molecule has 9 nitrogen and oxygen atoms in total. The van der Waals surface area contributed by atoms with Gasteiger partial charge in [-0.1, -0.05) is 29.8 Å². The number of carbonyl (C=O) groups is 1. The maximum absolute atomic E-state index is 12.3. The molecule has 3 rings (SSSR count). The summed E-state index contributed by atoms with van der Waals surface area (Å²) in [6.07, 6.45) is 0. The second kappa shape index (κ2) is 7.05. The molecule has 0 fully saturated rings. The maximum atomic E-state index is 12.3. The van der Waals surface area contributed by atoms with Crippen molar-refractivity contribution in [1.82, 2.24) is 25.5 Å². The van der Waals surface area contributed by atoms with E-state index in [1.807, 2.05) is 30.3 Å². The molecule has 1 heterocycles. The number of rotatable bonds is 5. The molecule has 10 heteroatoms. The predicted molar refractivity (Wildman–Crippen MR) is 88.4 cm³/mol. The molecule has 0 aliphatic carbocycles. The first-order valence-corrected chi connectivity index (χ1v) is 7.49. The summed E-state index contributed by atoms with van der Waals surface area (Å²) in [5.74, 6) is -0.155. The van der Waals surface area contributed by atoms with Gasteiger partial charge < -0.3 is 5.32 Å². The zero-order chi connectivity index (χ0) is 17.8. The van der Waals surface area contributed by atoms with E-state index < -0.39 is 10.8 Å². The fourth-order valence-corrected chi connectivity index (χ4v) is 2.34. The summed E-state index contributed by atoms with van der Waals surface area (Å²) in [6, 6.07) is 12.8. The quantitative estimate of drug-likeness (QED) is 0.551. The molecule has 0 radical (unpaired) electrons. The van der Waals surface area contributed by atoms with E-state index in [-0.39, 0.29) is 22.8 Å². The zero-order valence-corrected chi connectivity index (χ0v) is 13.4. The number of hydrogen-bond donors (Lipinski definition) is 1. The van der Waals surface area contributed by atoms with Gasteiger partial charge in [0.05, 0.1) is 27.7 Å². The van der Waals surface area contributed by atoms with Crippen molar-refractivity contribution >= 4 is 23.2 Å². The summed E-state index contributed by atoms with van der Waals surface area (Å²) in [5, 5.41) is 24.9. The molecule has 0 unspecified atom stereocenters. The van der Waals surface area contributed by atoms with Gasteiger partial charge in [-0.15, -0.1) is 5.10 Å². The van der Waals surface area contributed by atoms with Crippen molar-refractivity contribution in [1.29, 1.82) is 0 Å². The minimum absolute atomic E-state index is 0.00889. The molecule has 1 N–H and O–H groups in total. The van der Waals surface area contributed by atoms with E-state index in [1.54, 1.807) is 0 Å². The van der Waals surface area contributed by atoms with Crippen molar-refractivity contribution in [2.24, 2.45) is 0 Å². The second-order valence-electron chi connectivity index (χ2n) is 4.95. The van der Waals surface area contributed by atoms with Crippen molar-refractivity contribution < 1.29 is 9.72 Å². The number of nitro benzene ring substituents is 1. The predicted octanol–water partition coefficient (Wildman–Crippen LogP) is 2.15. The Morgan fingerprint density at radius 2 is 2.00 bits per heavy atom. The molecule has 0 saturated carbocycles. The number of nitrogens with one attached hydrogen (secondary N) is 1. The summed E-state index contributed by atoms with van der Waals surface area (Å²) in [7, 11) is 0. The van der Waals surface area contributed by atoms with Gasteiger partial charge in [0.15, 0.2) is 5.82 Å². The van der Waals surface area contributed by atoms with Crippen LogP contribution in [0, 0.1) is 10.1 Å². The van der Waals surface area contributed by atoms with E-state index in [2.05, 4.69) is 20.8 Å². The molecule has 0 saturated heterocycles. The highest BCUT2D eigenvalue weighted by Crippen LogP contribution is 2.22. The Hall–Kier alpha value is -3.33. The molecule has 2 aromatic carbocycles. The molecule has 3 aromatic rings. The Balaban J connectivity index is 1.77. The number of amides is 1. The minimum atomic E-state index is -0.594. The fourth-order valence-electron chi connectivity index (χ4n) is 2.14. The lowest BCUT2D eigenvalue weighted by atomic mass is 10.2. The van der Waals surface area contributed by atoms with Crippen LogP contribution in [0.3, 0.4) is 0 Å². The highest BCUT2D eigenvalue weighted by atomic mass is 35.5. The van der Waals surface area contributed by atoms with Crippen LogP contribution in [0.1, 0.15) is 16.2 Å². The number of non-ortho nitro benzene ring substituents is 1. The highest BCUT2D eigenvalue weighted by Gasteiger charge is 2.17. The number of hydrogen-bond acceptors (Lipinski definition) is 6. The molecule has 1 aromatic heterocycles. The van der Waals surface area contributed by atoms with Crippen molar-refractivity contribution in [3.63, 3.8) is 0 Å². The van der Waals surface area contributed by atoms with Crippen LogP contribution in [0.5, 0.6) is 0 Å². The molecule has 0 aliphatic heterocycles. The topological polar surface area (TPSA) is 116 Å². The number of tetrazole rings is 1. The largest absolute Gasteiger partial charge is 0.345 e. The van der Waals surface area contributed by atoms with Gasteiger partial charge in [-0.05, 0) is 28.6 Å². The Morgan fingerprint density at radius 3 is 2.72 bits per heavy atom. The normalized spacial score (nSPS) is 10.4. The first kappa shape index (κ1) is 16.5. The number of benzene rings is 2. The second-order valence-corrected chi connectivity index (χ2v) is 5.35. The van der Waals surface area contributed by atoms with Gasteiger partial charge in [0.1, 0.15) is 0 Å². The average molecular weight is 359 g/mol. The van der Waals surface area contributed by atoms with Crippen LogP contribution >= 0.6 is 11.6 Å². The van der Waals surface area contributed by atoms with Crippen molar-refractivity contribution in [2.75, 3.05) is 0 Å². The Labute approximate surface area is 146 Å². The van der Waals surface area contributed by atoms with Gasteiger partial charge in [-0.3, -0.25) is 14.9 Å². The van der Waals surface area contributed by atoms with Crippen molar-refractivity contribution in [3.05, 3.63) is 75.1 Å². The lowest BCUT2D eigenvalue weighted by molar-refractivity contribution is -0.384. The molecular weight excluding hydrogens is 348 g/mol. The molecular formula is C15H11ClN6O3. The van der Waals surface area contributed by atoms with E-state index in [4.69, 9.17) is 11.6 Å². The van der Waals surface area contributed by atoms with Crippen LogP contribution in [-0.2, 0) is 6.54 Å². The van der Waals surface area contributed by atoms with E-state index in [9.17, 15) is 14.9 Å². The summed E-state index contributed by atoms with van der Waals surface area (Å²) >= 11 is 5.95. The lowest BCUT2D eigenvalue weighted by Crippen LogP contribution is -2.25. The molecule has 1 amide bonds. The number of aromatic nitrogens is 4. The summed E-state index contributed by atoms with van der Waals surface area (Å²) in [6.45, 7) is 0.0275.